The predicted molar refractivity (Wildman–Crippen MR) is 28.0 cm³/mol. The molecular weight excluding hydrogens is 104 g/mol. The smallest absolute Gasteiger partial charge is 0.0868 e. The second kappa shape index (κ2) is 2.37. The van der Waals surface area contributed by atoms with E-state index in [-0.39, 0.29) is 6.61 Å². The van der Waals surface area contributed by atoms with E-state index in [0.717, 1.165) is 0 Å². The van der Waals surface area contributed by atoms with Gasteiger partial charge in [0.15, 0.2) is 0 Å². The molecule has 42 valence electrons. The Labute approximate surface area is 47.0 Å². The van der Waals surface area contributed by atoms with E-state index < -0.39 is 0 Å². The molecule has 0 aliphatic heterocycles. The van der Waals surface area contributed by atoms with Gasteiger partial charge in [0.05, 0.1) is 18.5 Å². The molecule has 0 bridgehead atoms. The van der Waals surface area contributed by atoms with Crippen LogP contribution in [0.2, 0.25) is 0 Å². The fraction of sp³-hybridized carbons (Fsp3) is 0.200. The van der Waals surface area contributed by atoms with Crippen molar-refractivity contribution in [3.05, 3.63) is 24.3 Å². The maximum absolute atomic E-state index is 8.44. The van der Waals surface area contributed by atoms with Gasteiger partial charge in [-0.3, -0.25) is 9.97 Å². The number of rotatable bonds is 1. The van der Waals surface area contributed by atoms with Crippen molar-refractivity contribution in [2.45, 2.75) is 6.61 Å². The Hall–Kier alpha value is -0.960. The van der Waals surface area contributed by atoms with Crippen LogP contribution in [-0.2, 0) is 6.61 Å². The zero-order valence-corrected chi connectivity index (χ0v) is 4.28. The first-order chi connectivity index (χ1) is 3.93. The monoisotopic (exact) mass is 110 g/mol. The van der Waals surface area contributed by atoms with Gasteiger partial charge < -0.3 is 5.11 Å². The first-order valence-corrected chi connectivity index (χ1v) is 2.29. The number of hydrogen-bond donors (Lipinski definition) is 1. The van der Waals surface area contributed by atoms with Crippen molar-refractivity contribution >= 4 is 0 Å². The summed E-state index contributed by atoms with van der Waals surface area (Å²) in [6.45, 7) is -0.0339. The Morgan fingerprint density at radius 2 is 2.38 bits per heavy atom. The summed E-state index contributed by atoms with van der Waals surface area (Å²) in [6.07, 6.45) is 4.64. The number of nitrogens with zero attached hydrogens (tertiary/aromatic N) is 2. The van der Waals surface area contributed by atoms with Crippen molar-refractivity contribution in [2.24, 2.45) is 0 Å². The lowest BCUT2D eigenvalue weighted by molar-refractivity contribution is 0.276. The minimum atomic E-state index is -0.0339. The molecular formula is C5H6N2O. The van der Waals surface area contributed by atoms with E-state index in [1.807, 2.05) is 0 Å². The van der Waals surface area contributed by atoms with Crippen LogP contribution in [0.5, 0.6) is 0 Å². The van der Waals surface area contributed by atoms with E-state index in [1.165, 1.54) is 6.20 Å². The number of hydrogen-bond acceptors (Lipinski definition) is 3. The average Bonchev–Trinajstić information content (AvgIpc) is 1.90. The van der Waals surface area contributed by atoms with Gasteiger partial charge in [0.2, 0.25) is 0 Å². The summed E-state index contributed by atoms with van der Waals surface area (Å²) < 4.78 is 0. The Morgan fingerprint density at radius 3 is 2.75 bits per heavy atom. The number of aromatic nitrogens is 2. The standard InChI is InChI=1S/C5H6N2O/c8-4-5-3-6-1-2-7-5/h1-3,8H,4H2. The minimum Gasteiger partial charge on any atom is -0.390 e. The summed E-state index contributed by atoms with van der Waals surface area (Å²) >= 11 is 0. The van der Waals surface area contributed by atoms with Crippen LogP contribution in [0.25, 0.3) is 0 Å². The second-order valence-electron chi connectivity index (χ2n) is 1.35. The number of aliphatic hydroxyl groups excluding tert-OH is 1. The Bertz CT molecular complexity index is 152. The molecule has 1 rings (SSSR count). The molecule has 8 heavy (non-hydrogen) atoms. The zero-order valence-electron chi connectivity index (χ0n) is 4.28. The van der Waals surface area contributed by atoms with Crippen LogP contribution < -0.4 is 0 Å². The third-order valence-electron chi connectivity index (χ3n) is 0.779. The highest BCUT2D eigenvalue weighted by Gasteiger charge is 1.84. The summed E-state index contributed by atoms with van der Waals surface area (Å²) in [5.41, 5.74) is 0.604. The van der Waals surface area contributed by atoms with E-state index in [9.17, 15) is 0 Å². The molecule has 0 aliphatic carbocycles. The molecule has 0 amide bonds. The molecule has 0 aromatic carbocycles. The molecule has 1 aromatic heterocycles. The molecule has 0 radical (unpaired) electrons. The zero-order chi connectivity index (χ0) is 5.82. The lowest BCUT2D eigenvalue weighted by atomic mass is 10.5. The average molecular weight is 110 g/mol. The van der Waals surface area contributed by atoms with Gasteiger partial charge >= 0.3 is 0 Å². The Balaban J connectivity index is 2.83. The van der Waals surface area contributed by atoms with Crippen molar-refractivity contribution in [1.29, 1.82) is 0 Å². The van der Waals surface area contributed by atoms with Gasteiger partial charge in [-0.2, -0.15) is 0 Å². The Morgan fingerprint density at radius 1 is 1.50 bits per heavy atom. The van der Waals surface area contributed by atoms with Crippen LogP contribution >= 0.6 is 0 Å². The molecule has 0 atom stereocenters. The molecule has 3 heteroatoms. The van der Waals surface area contributed by atoms with Crippen LogP contribution in [0.4, 0.5) is 0 Å². The molecule has 0 saturated heterocycles. The molecule has 0 aliphatic rings. The Kier molecular flexibility index (Phi) is 1.54. The maximum Gasteiger partial charge on any atom is 0.0868 e. The van der Waals surface area contributed by atoms with Crippen molar-refractivity contribution in [3.8, 4) is 0 Å². The summed E-state index contributed by atoms with van der Waals surface area (Å²) in [4.78, 5) is 7.52. The van der Waals surface area contributed by atoms with Crippen LogP contribution in [0.1, 0.15) is 5.69 Å². The minimum absolute atomic E-state index is 0.0339. The van der Waals surface area contributed by atoms with Crippen LogP contribution in [-0.4, -0.2) is 15.1 Å². The molecule has 0 unspecified atom stereocenters. The van der Waals surface area contributed by atoms with E-state index >= 15 is 0 Å². The topological polar surface area (TPSA) is 46.0 Å². The van der Waals surface area contributed by atoms with E-state index in [4.69, 9.17) is 5.11 Å². The first-order valence-electron chi connectivity index (χ1n) is 2.29. The SMILES string of the molecule is OCc1cnccn1. The van der Waals surface area contributed by atoms with Gasteiger partial charge in [-0.15, -0.1) is 0 Å². The quantitative estimate of drug-likeness (QED) is 0.552. The highest BCUT2D eigenvalue weighted by Crippen LogP contribution is 1.85. The fourth-order valence-electron chi connectivity index (χ4n) is 0.412. The lowest BCUT2D eigenvalue weighted by Crippen LogP contribution is -1.86. The third kappa shape index (κ3) is 1.01. The van der Waals surface area contributed by atoms with Crippen molar-refractivity contribution in [3.63, 3.8) is 0 Å². The summed E-state index contributed by atoms with van der Waals surface area (Å²) in [7, 11) is 0. The molecule has 1 heterocycles. The van der Waals surface area contributed by atoms with E-state index in [0.29, 0.717) is 5.69 Å². The van der Waals surface area contributed by atoms with Crippen molar-refractivity contribution in [1.82, 2.24) is 9.97 Å². The van der Waals surface area contributed by atoms with Gasteiger partial charge in [0.1, 0.15) is 0 Å². The van der Waals surface area contributed by atoms with E-state index in [1.54, 1.807) is 12.4 Å². The largest absolute Gasteiger partial charge is 0.390 e. The van der Waals surface area contributed by atoms with Crippen molar-refractivity contribution < 1.29 is 5.11 Å². The normalized spacial score (nSPS) is 9.12. The fourth-order valence-corrected chi connectivity index (χ4v) is 0.412. The molecule has 0 saturated carbocycles. The van der Waals surface area contributed by atoms with Crippen LogP contribution in [0.15, 0.2) is 18.6 Å². The van der Waals surface area contributed by atoms with Crippen molar-refractivity contribution in [2.75, 3.05) is 0 Å². The molecule has 1 aromatic rings. The summed E-state index contributed by atoms with van der Waals surface area (Å²) in [5, 5.41) is 8.44. The molecule has 0 fully saturated rings. The van der Waals surface area contributed by atoms with Gasteiger partial charge in [-0.05, 0) is 0 Å². The molecule has 0 spiro atoms. The number of aliphatic hydroxyl groups is 1. The first kappa shape index (κ1) is 5.18. The highest BCUT2D eigenvalue weighted by atomic mass is 16.3. The van der Waals surface area contributed by atoms with Gasteiger partial charge in [0, 0.05) is 12.4 Å². The second-order valence-corrected chi connectivity index (χ2v) is 1.35. The van der Waals surface area contributed by atoms with Crippen LogP contribution in [0.3, 0.4) is 0 Å². The third-order valence-corrected chi connectivity index (χ3v) is 0.779. The maximum atomic E-state index is 8.44. The molecule has 1 N–H and O–H groups in total. The highest BCUT2D eigenvalue weighted by molar-refractivity contribution is 4.91. The predicted octanol–water partition coefficient (Wildman–Crippen LogP) is -0.0311. The summed E-state index contributed by atoms with van der Waals surface area (Å²) in [5.74, 6) is 0. The van der Waals surface area contributed by atoms with E-state index in [2.05, 4.69) is 9.97 Å². The van der Waals surface area contributed by atoms with Gasteiger partial charge in [0.25, 0.3) is 0 Å². The summed E-state index contributed by atoms with van der Waals surface area (Å²) in [6, 6.07) is 0. The van der Waals surface area contributed by atoms with Gasteiger partial charge in [-0.1, -0.05) is 0 Å². The lowest BCUT2D eigenvalue weighted by Gasteiger charge is -1.87. The van der Waals surface area contributed by atoms with Crippen LogP contribution in [0, 0.1) is 0 Å². The van der Waals surface area contributed by atoms with Gasteiger partial charge in [-0.25, -0.2) is 0 Å². The molecule has 3 nitrogen and oxygen atoms in total.